The Balaban J connectivity index is 1.57. The fraction of sp³-hybridized carbons (Fsp3) is 0.300. The molecular formula is C20H23N3O2. The highest BCUT2D eigenvalue weighted by atomic mass is 16.3. The molecule has 5 nitrogen and oxygen atoms in total. The van der Waals surface area contributed by atoms with Gasteiger partial charge in [0.25, 0.3) is 0 Å². The number of nitrogens with zero attached hydrogens (tertiary/aromatic N) is 1. The third-order valence-electron chi connectivity index (χ3n) is 4.36. The van der Waals surface area contributed by atoms with Crippen LogP contribution in [0.3, 0.4) is 0 Å². The Morgan fingerprint density at radius 3 is 2.64 bits per heavy atom. The Hall–Kier alpha value is -2.66. The molecule has 130 valence electrons. The van der Waals surface area contributed by atoms with E-state index < -0.39 is 12.0 Å². The van der Waals surface area contributed by atoms with Gasteiger partial charge in [-0.1, -0.05) is 49.2 Å². The average molecular weight is 337 g/mol. The highest BCUT2D eigenvalue weighted by Gasteiger charge is 2.10. The van der Waals surface area contributed by atoms with Gasteiger partial charge < -0.3 is 15.8 Å². The molecule has 0 aliphatic carbocycles. The maximum atomic E-state index is 10.8. The number of imidazole rings is 1. The van der Waals surface area contributed by atoms with E-state index in [1.54, 1.807) is 0 Å². The zero-order valence-electron chi connectivity index (χ0n) is 14.1. The number of aliphatic hydroxyl groups excluding tert-OH is 1. The zero-order chi connectivity index (χ0) is 17.6. The molecule has 0 saturated carbocycles. The average Bonchev–Trinajstić information content (AvgIpc) is 3.03. The third kappa shape index (κ3) is 4.45. The number of hydrogen-bond donors (Lipinski definition) is 3. The van der Waals surface area contributed by atoms with Gasteiger partial charge in [0, 0.05) is 6.42 Å². The molecule has 1 atom stereocenters. The second-order valence-electron chi connectivity index (χ2n) is 6.30. The zero-order valence-corrected chi connectivity index (χ0v) is 14.1. The first-order chi connectivity index (χ1) is 12.1. The van der Waals surface area contributed by atoms with Gasteiger partial charge in [0.05, 0.1) is 11.0 Å². The lowest BCUT2D eigenvalue weighted by atomic mass is 10.1. The van der Waals surface area contributed by atoms with Crippen LogP contribution in [0.15, 0.2) is 48.5 Å². The summed E-state index contributed by atoms with van der Waals surface area (Å²) < 4.78 is 0. The van der Waals surface area contributed by atoms with Crippen LogP contribution in [0.1, 0.15) is 31.5 Å². The molecule has 1 heterocycles. The van der Waals surface area contributed by atoms with Crippen LogP contribution < -0.4 is 5.73 Å². The number of aromatic nitrogens is 2. The van der Waals surface area contributed by atoms with Gasteiger partial charge in [-0.3, -0.25) is 4.79 Å². The molecule has 25 heavy (non-hydrogen) atoms. The van der Waals surface area contributed by atoms with E-state index in [0.717, 1.165) is 42.5 Å². The number of aromatic amines is 1. The van der Waals surface area contributed by atoms with Crippen molar-refractivity contribution in [2.24, 2.45) is 5.73 Å². The smallest absolute Gasteiger partial charge is 0.246 e. The molecule has 3 aromatic rings. The second kappa shape index (κ2) is 7.94. The van der Waals surface area contributed by atoms with Crippen molar-refractivity contribution in [1.29, 1.82) is 0 Å². The predicted octanol–water partition coefficient (Wildman–Crippen LogP) is 3.18. The van der Waals surface area contributed by atoms with E-state index in [0.29, 0.717) is 6.42 Å². The number of aryl methyl sites for hydroxylation is 1. The summed E-state index contributed by atoms with van der Waals surface area (Å²) in [5.41, 5.74) is 9.41. The van der Waals surface area contributed by atoms with Crippen molar-refractivity contribution in [3.63, 3.8) is 0 Å². The van der Waals surface area contributed by atoms with Crippen LogP contribution in [0.4, 0.5) is 0 Å². The predicted molar refractivity (Wildman–Crippen MR) is 98.9 cm³/mol. The fourth-order valence-electron chi connectivity index (χ4n) is 2.94. The summed E-state index contributed by atoms with van der Waals surface area (Å²) in [6, 6.07) is 16.5. The molecule has 4 N–H and O–H groups in total. The number of amides is 1. The number of nitrogens with two attached hydrogens (primary N) is 1. The van der Waals surface area contributed by atoms with Gasteiger partial charge in [-0.2, -0.15) is 0 Å². The SMILES string of the molecule is NC(=O)C(O)CCCCCc1nc2ccc(-c3ccccc3)cc2[nH]1. The van der Waals surface area contributed by atoms with Crippen LogP contribution >= 0.6 is 0 Å². The van der Waals surface area contributed by atoms with Crippen LogP contribution in [0, 0.1) is 0 Å². The quantitative estimate of drug-likeness (QED) is 0.551. The van der Waals surface area contributed by atoms with E-state index >= 15 is 0 Å². The number of aliphatic hydroxyl groups is 1. The number of carbonyl (C=O) groups excluding carboxylic acids is 1. The maximum Gasteiger partial charge on any atom is 0.246 e. The van der Waals surface area contributed by atoms with Crippen LogP contribution in [-0.4, -0.2) is 27.1 Å². The van der Waals surface area contributed by atoms with Gasteiger partial charge in [-0.15, -0.1) is 0 Å². The van der Waals surface area contributed by atoms with Crippen molar-refractivity contribution in [3.05, 3.63) is 54.4 Å². The minimum atomic E-state index is -1.03. The van der Waals surface area contributed by atoms with Crippen molar-refractivity contribution >= 4 is 16.9 Å². The fourth-order valence-corrected chi connectivity index (χ4v) is 2.94. The lowest BCUT2D eigenvalue weighted by Gasteiger charge is -2.05. The molecule has 0 fully saturated rings. The van der Waals surface area contributed by atoms with Gasteiger partial charge >= 0.3 is 0 Å². The van der Waals surface area contributed by atoms with Gasteiger partial charge in [0.2, 0.25) is 5.91 Å². The van der Waals surface area contributed by atoms with Gasteiger partial charge in [-0.25, -0.2) is 4.98 Å². The normalized spacial score (nSPS) is 12.4. The van der Waals surface area contributed by atoms with E-state index in [9.17, 15) is 9.90 Å². The molecule has 0 bridgehead atoms. The van der Waals surface area contributed by atoms with Crippen molar-refractivity contribution in [2.75, 3.05) is 0 Å². The number of fused-ring (bicyclic) bond motifs is 1. The van der Waals surface area contributed by atoms with Crippen LogP contribution in [-0.2, 0) is 11.2 Å². The molecular weight excluding hydrogens is 314 g/mol. The Bertz CT molecular complexity index is 843. The van der Waals surface area contributed by atoms with Gasteiger partial charge in [0.1, 0.15) is 11.9 Å². The number of primary amides is 1. The second-order valence-corrected chi connectivity index (χ2v) is 6.30. The van der Waals surface area contributed by atoms with E-state index in [4.69, 9.17) is 5.73 Å². The minimum absolute atomic E-state index is 0.426. The topological polar surface area (TPSA) is 92.0 Å². The van der Waals surface area contributed by atoms with Crippen molar-refractivity contribution in [3.8, 4) is 11.1 Å². The number of H-pyrrole nitrogens is 1. The van der Waals surface area contributed by atoms with E-state index in [1.807, 2.05) is 24.3 Å². The van der Waals surface area contributed by atoms with Crippen molar-refractivity contribution in [2.45, 2.75) is 38.2 Å². The molecule has 1 amide bonds. The number of carbonyl (C=O) groups is 1. The van der Waals surface area contributed by atoms with Crippen LogP contribution in [0.2, 0.25) is 0 Å². The Morgan fingerprint density at radius 2 is 1.88 bits per heavy atom. The molecule has 0 radical (unpaired) electrons. The first-order valence-corrected chi connectivity index (χ1v) is 8.65. The van der Waals surface area contributed by atoms with Crippen molar-refractivity contribution in [1.82, 2.24) is 9.97 Å². The van der Waals surface area contributed by atoms with Gasteiger partial charge in [-0.05, 0) is 36.1 Å². The Kier molecular flexibility index (Phi) is 5.46. The minimum Gasteiger partial charge on any atom is -0.383 e. The summed E-state index contributed by atoms with van der Waals surface area (Å²) in [5, 5.41) is 9.36. The molecule has 0 aliphatic heterocycles. The summed E-state index contributed by atoms with van der Waals surface area (Å²) in [7, 11) is 0. The van der Waals surface area contributed by atoms with Crippen LogP contribution in [0.25, 0.3) is 22.2 Å². The summed E-state index contributed by atoms with van der Waals surface area (Å²) in [4.78, 5) is 18.8. The molecule has 0 spiro atoms. The highest BCUT2D eigenvalue weighted by Crippen LogP contribution is 2.23. The molecule has 3 rings (SSSR count). The standard InChI is InChI=1S/C20H23N3O2/c21-20(25)18(24)9-5-2-6-10-19-22-16-12-11-15(13-17(16)23-19)14-7-3-1-4-8-14/h1,3-4,7-8,11-13,18,24H,2,5-6,9-10H2,(H2,21,25)(H,22,23). The first-order valence-electron chi connectivity index (χ1n) is 8.65. The molecule has 5 heteroatoms. The number of rotatable bonds is 8. The number of nitrogens with one attached hydrogen (secondary N) is 1. The Labute approximate surface area is 146 Å². The third-order valence-corrected chi connectivity index (χ3v) is 4.36. The first kappa shape index (κ1) is 17.2. The summed E-state index contributed by atoms with van der Waals surface area (Å²) in [5.74, 6) is 0.321. The number of hydrogen-bond acceptors (Lipinski definition) is 3. The summed E-state index contributed by atoms with van der Waals surface area (Å²) in [6.07, 6.45) is 2.91. The number of benzene rings is 2. The van der Waals surface area contributed by atoms with E-state index in [-0.39, 0.29) is 0 Å². The molecule has 0 saturated heterocycles. The molecule has 1 aromatic heterocycles. The van der Waals surface area contributed by atoms with Gasteiger partial charge in [0.15, 0.2) is 0 Å². The molecule has 2 aromatic carbocycles. The molecule has 1 unspecified atom stereocenters. The summed E-state index contributed by atoms with van der Waals surface area (Å²) in [6.45, 7) is 0. The number of unbranched alkanes of at least 4 members (excludes halogenated alkanes) is 2. The maximum absolute atomic E-state index is 10.8. The highest BCUT2D eigenvalue weighted by molar-refractivity contribution is 5.82. The van der Waals surface area contributed by atoms with E-state index in [2.05, 4.69) is 34.2 Å². The Morgan fingerprint density at radius 1 is 1.08 bits per heavy atom. The lowest BCUT2D eigenvalue weighted by Crippen LogP contribution is -2.27. The van der Waals surface area contributed by atoms with E-state index in [1.165, 1.54) is 11.1 Å². The summed E-state index contributed by atoms with van der Waals surface area (Å²) >= 11 is 0. The molecule has 0 aliphatic rings. The lowest BCUT2D eigenvalue weighted by molar-refractivity contribution is -0.126. The van der Waals surface area contributed by atoms with Crippen molar-refractivity contribution < 1.29 is 9.90 Å². The monoisotopic (exact) mass is 337 g/mol. The largest absolute Gasteiger partial charge is 0.383 e. The van der Waals surface area contributed by atoms with Crippen LogP contribution in [0.5, 0.6) is 0 Å².